The smallest absolute Gasteiger partial charge is 0.0550 e. The molecular formula is C26H46Si. The molecule has 2 fully saturated rings. The Morgan fingerprint density at radius 3 is 1.30 bits per heavy atom. The van der Waals surface area contributed by atoms with Gasteiger partial charge in [-0.3, -0.25) is 0 Å². The first-order valence-corrected chi connectivity index (χ1v) is 14.9. The van der Waals surface area contributed by atoms with Gasteiger partial charge in [0.15, 0.2) is 0 Å². The van der Waals surface area contributed by atoms with Gasteiger partial charge in [0.25, 0.3) is 0 Å². The van der Waals surface area contributed by atoms with Crippen molar-refractivity contribution in [2.75, 3.05) is 0 Å². The average molecular weight is 387 g/mol. The molecular weight excluding hydrogens is 340 g/mol. The van der Waals surface area contributed by atoms with Crippen LogP contribution in [-0.2, 0) is 0 Å². The van der Waals surface area contributed by atoms with Crippen molar-refractivity contribution < 1.29 is 0 Å². The molecule has 0 saturated heterocycles. The maximum atomic E-state index is 2.79. The molecule has 3 aliphatic carbocycles. The molecule has 27 heavy (non-hydrogen) atoms. The van der Waals surface area contributed by atoms with E-state index in [0.717, 1.165) is 58.4 Å². The van der Waals surface area contributed by atoms with E-state index in [1.165, 1.54) is 0 Å². The topological polar surface area (TPSA) is 0 Å². The molecule has 2 saturated carbocycles. The first-order valence-electron chi connectivity index (χ1n) is 11.7. The summed E-state index contributed by atoms with van der Waals surface area (Å²) in [4.78, 5) is 0. The van der Waals surface area contributed by atoms with Crippen molar-refractivity contribution in [2.45, 2.75) is 93.4 Å². The molecule has 0 nitrogen and oxygen atoms in total. The summed E-state index contributed by atoms with van der Waals surface area (Å²) in [5.41, 5.74) is 8.56. The van der Waals surface area contributed by atoms with Gasteiger partial charge in [-0.25, -0.2) is 0 Å². The molecule has 0 aromatic carbocycles. The molecule has 0 bridgehead atoms. The van der Waals surface area contributed by atoms with Crippen molar-refractivity contribution in [1.82, 2.24) is 0 Å². The summed E-state index contributed by atoms with van der Waals surface area (Å²) in [5.74, 6) is 6.84. The van der Waals surface area contributed by atoms with Crippen molar-refractivity contribution in [2.24, 2.45) is 47.3 Å². The van der Waals surface area contributed by atoms with Crippen molar-refractivity contribution in [3.05, 3.63) is 22.3 Å². The number of rotatable bonds is 2. The Morgan fingerprint density at radius 1 is 0.481 bits per heavy atom. The minimum Gasteiger partial charge on any atom is -0.0689 e. The summed E-state index contributed by atoms with van der Waals surface area (Å²) >= 11 is 0. The number of fused-ring (bicyclic) bond motifs is 1. The van der Waals surface area contributed by atoms with E-state index in [0.29, 0.717) is 0 Å². The van der Waals surface area contributed by atoms with Gasteiger partial charge >= 0.3 is 0 Å². The third-order valence-electron chi connectivity index (χ3n) is 10.8. The van der Waals surface area contributed by atoms with Gasteiger partial charge in [0.1, 0.15) is 0 Å². The second kappa shape index (κ2) is 6.89. The highest BCUT2D eigenvalue weighted by Crippen LogP contribution is 2.66. The van der Waals surface area contributed by atoms with Gasteiger partial charge in [-0.15, -0.1) is 0 Å². The third-order valence-corrected chi connectivity index (χ3v) is 16.2. The Labute approximate surface area is 171 Å². The maximum Gasteiger partial charge on any atom is 0.0550 e. The van der Waals surface area contributed by atoms with Crippen molar-refractivity contribution in [3.8, 4) is 0 Å². The van der Waals surface area contributed by atoms with Crippen LogP contribution in [0.5, 0.6) is 0 Å². The highest BCUT2D eigenvalue weighted by molar-refractivity contribution is 6.80. The zero-order chi connectivity index (χ0) is 20.6. The third kappa shape index (κ3) is 2.81. The zero-order valence-corrected chi connectivity index (χ0v) is 21.3. The lowest BCUT2D eigenvalue weighted by molar-refractivity contribution is 0.352. The summed E-state index contributed by atoms with van der Waals surface area (Å²) in [5, 5.41) is 0. The molecule has 0 spiro atoms. The minimum absolute atomic E-state index is 0.794. The summed E-state index contributed by atoms with van der Waals surface area (Å²) in [6.07, 6.45) is 0. The fourth-order valence-electron chi connectivity index (χ4n) is 8.63. The molecule has 0 aliphatic heterocycles. The highest BCUT2D eigenvalue weighted by atomic mass is 28.3. The van der Waals surface area contributed by atoms with E-state index < -0.39 is 8.07 Å². The van der Waals surface area contributed by atoms with Crippen LogP contribution in [0.3, 0.4) is 0 Å². The van der Waals surface area contributed by atoms with Crippen LogP contribution in [0.4, 0.5) is 0 Å². The highest BCUT2D eigenvalue weighted by Gasteiger charge is 2.60. The molecule has 0 heterocycles. The lowest BCUT2D eigenvalue weighted by Gasteiger charge is -2.47. The monoisotopic (exact) mass is 386 g/mol. The predicted molar refractivity (Wildman–Crippen MR) is 124 cm³/mol. The predicted octanol–water partition coefficient (Wildman–Crippen LogP) is 8.20. The summed E-state index contributed by atoms with van der Waals surface area (Å²) in [7, 11) is -1.44. The molecule has 0 radical (unpaired) electrons. The van der Waals surface area contributed by atoms with E-state index in [9.17, 15) is 0 Å². The van der Waals surface area contributed by atoms with Gasteiger partial charge in [0, 0.05) is 0 Å². The fraction of sp³-hybridized carbons (Fsp3) is 0.846. The van der Waals surface area contributed by atoms with Gasteiger partial charge in [0.2, 0.25) is 0 Å². The largest absolute Gasteiger partial charge is 0.0689 e. The Balaban J connectivity index is 2.08. The maximum absolute atomic E-state index is 2.79. The zero-order valence-electron chi connectivity index (χ0n) is 20.3. The molecule has 0 aromatic rings. The molecule has 154 valence electrons. The van der Waals surface area contributed by atoms with Crippen LogP contribution < -0.4 is 0 Å². The molecule has 9 atom stereocenters. The first-order chi connectivity index (χ1) is 12.4. The molecule has 1 heteroatoms. The molecule has 3 aliphatic rings. The van der Waals surface area contributed by atoms with Crippen molar-refractivity contribution in [3.63, 3.8) is 0 Å². The van der Waals surface area contributed by atoms with Gasteiger partial charge in [-0.1, -0.05) is 65.8 Å². The quantitative estimate of drug-likeness (QED) is 0.419. The van der Waals surface area contributed by atoms with Gasteiger partial charge < -0.3 is 0 Å². The number of allylic oxidation sites excluding steroid dienone is 4. The van der Waals surface area contributed by atoms with E-state index >= 15 is 0 Å². The molecule has 0 amide bonds. The SMILES string of the molecule is CC1=C(C)C2C(C)C(C)C([Si](C)(C)C3C(C)C(C)C(C)C3C)[C@@H]2C(C)=C1C. The summed E-state index contributed by atoms with van der Waals surface area (Å²) in [6, 6.07) is 0. The normalized spacial score (nSPS) is 48.4. The van der Waals surface area contributed by atoms with Crippen molar-refractivity contribution >= 4 is 8.07 Å². The van der Waals surface area contributed by atoms with E-state index in [2.05, 4.69) is 82.3 Å². The Kier molecular flexibility index (Phi) is 5.46. The van der Waals surface area contributed by atoms with Crippen LogP contribution in [0.2, 0.25) is 24.2 Å². The Bertz CT molecular complexity index is 652. The lowest BCUT2D eigenvalue weighted by atomic mass is 9.72. The van der Waals surface area contributed by atoms with Gasteiger partial charge in [-0.05, 0) is 97.3 Å². The Hall–Kier alpha value is -0.303. The second-order valence-corrected chi connectivity index (χ2v) is 16.7. The average Bonchev–Trinajstić information content (AvgIpc) is 2.98. The summed E-state index contributed by atoms with van der Waals surface area (Å²) in [6.45, 7) is 30.7. The van der Waals surface area contributed by atoms with Crippen LogP contribution in [0.15, 0.2) is 22.3 Å². The standard InChI is InChI=1S/C26H46Si/c1-13-14(2)18(6)24-23(17(13)5)19(7)22(10)26(24)27(11,12)25-20(8)15(3)16(4)21(25)9/h15-16,19-26H,1-12H3/t15?,16?,19?,20?,21?,22?,23?,24-,25?,26?/m1/s1. The number of hydrogen-bond acceptors (Lipinski definition) is 0. The minimum atomic E-state index is -1.44. The van der Waals surface area contributed by atoms with Crippen LogP contribution >= 0.6 is 0 Å². The van der Waals surface area contributed by atoms with Crippen molar-refractivity contribution in [1.29, 1.82) is 0 Å². The van der Waals surface area contributed by atoms with E-state index in [1.54, 1.807) is 22.3 Å². The Morgan fingerprint density at radius 2 is 0.852 bits per heavy atom. The van der Waals surface area contributed by atoms with Gasteiger partial charge in [-0.2, -0.15) is 0 Å². The fourth-order valence-corrected chi connectivity index (χ4v) is 15.4. The second-order valence-electron chi connectivity index (χ2n) is 11.7. The van der Waals surface area contributed by atoms with Crippen LogP contribution in [0, 0.1) is 47.3 Å². The van der Waals surface area contributed by atoms with Crippen LogP contribution in [-0.4, -0.2) is 8.07 Å². The number of hydrogen-bond donors (Lipinski definition) is 0. The molecule has 3 rings (SSSR count). The van der Waals surface area contributed by atoms with Gasteiger partial charge in [0.05, 0.1) is 8.07 Å². The van der Waals surface area contributed by atoms with E-state index in [4.69, 9.17) is 0 Å². The van der Waals surface area contributed by atoms with Crippen LogP contribution in [0.25, 0.3) is 0 Å². The molecule has 0 aromatic heterocycles. The lowest BCUT2D eigenvalue weighted by Crippen LogP contribution is -2.46. The van der Waals surface area contributed by atoms with Crippen LogP contribution in [0.1, 0.15) is 69.2 Å². The first kappa shape index (κ1) is 21.4. The molecule has 0 N–H and O–H groups in total. The van der Waals surface area contributed by atoms with E-state index in [1.807, 2.05) is 0 Å². The van der Waals surface area contributed by atoms with E-state index in [-0.39, 0.29) is 0 Å². The summed E-state index contributed by atoms with van der Waals surface area (Å²) < 4.78 is 0. The molecule has 8 unspecified atom stereocenters.